The van der Waals surface area contributed by atoms with Crippen molar-refractivity contribution in [3.05, 3.63) is 60.2 Å². The minimum Gasteiger partial charge on any atom is -0.391 e. The van der Waals surface area contributed by atoms with Crippen molar-refractivity contribution in [1.29, 1.82) is 0 Å². The van der Waals surface area contributed by atoms with E-state index in [0.717, 1.165) is 17.7 Å². The van der Waals surface area contributed by atoms with E-state index in [1.165, 1.54) is 0 Å². The first kappa shape index (κ1) is 15.6. The monoisotopic (exact) mass is 311 g/mol. The van der Waals surface area contributed by atoms with E-state index in [9.17, 15) is 9.90 Å². The van der Waals surface area contributed by atoms with Gasteiger partial charge in [-0.3, -0.25) is 14.8 Å². The van der Waals surface area contributed by atoms with Crippen LogP contribution in [0.15, 0.2) is 48.9 Å². The van der Waals surface area contributed by atoms with Crippen molar-refractivity contribution in [3.8, 4) is 0 Å². The number of aryl methyl sites for hydroxylation is 1. The van der Waals surface area contributed by atoms with Crippen LogP contribution in [0.1, 0.15) is 17.7 Å². The van der Waals surface area contributed by atoms with Crippen LogP contribution in [0.5, 0.6) is 0 Å². The fraction of sp³-hybridized carbons (Fsp3) is 0.389. The van der Waals surface area contributed by atoms with Crippen LogP contribution in [0.4, 0.5) is 0 Å². The van der Waals surface area contributed by atoms with E-state index in [4.69, 9.17) is 0 Å². The van der Waals surface area contributed by atoms with Gasteiger partial charge in [0.05, 0.1) is 11.8 Å². The minimum atomic E-state index is -0.488. The molecule has 2 atom stereocenters. The van der Waals surface area contributed by atoms with Crippen LogP contribution >= 0.6 is 0 Å². The Morgan fingerprint density at radius 1 is 1.22 bits per heavy atom. The molecule has 1 aliphatic rings. The first-order valence-electron chi connectivity index (χ1n) is 7.97. The molecule has 1 fully saturated rings. The van der Waals surface area contributed by atoms with Crippen LogP contribution < -0.4 is 0 Å². The van der Waals surface area contributed by atoms with Gasteiger partial charge in [0.1, 0.15) is 0 Å². The Hall–Kier alpha value is -2.27. The molecule has 2 heterocycles. The second kappa shape index (κ2) is 7.33. The van der Waals surface area contributed by atoms with Gasteiger partial charge in [-0.25, -0.2) is 0 Å². The molecule has 0 radical (unpaired) electrons. The number of amides is 1. The summed E-state index contributed by atoms with van der Waals surface area (Å²) < 4.78 is 0. The van der Waals surface area contributed by atoms with Gasteiger partial charge in [0.25, 0.3) is 0 Å². The van der Waals surface area contributed by atoms with Crippen LogP contribution in [0, 0.1) is 5.92 Å². The zero-order valence-electron chi connectivity index (χ0n) is 13.0. The summed E-state index contributed by atoms with van der Waals surface area (Å²) in [6.45, 7) is 1.00. The quantitative estimate of drug-likeness (QED) is 0.908. The van der Waals surface area contributed by atoms with Crippen LogP contribution in [-0.4, -0.2) is 45.1 Å². The molecular formula is C18H21N3O2. The summed E-state index contributed by atoms with van der Waals surface area (Å²) in [4.78, 5) is 22.4. The lowest BCUT2D eigenvalue weighted by Gasteiger charge is -2.16. The number of hydrogen-bond acceptors (Lipinski definition) is 4. The third-order valence-corrected chi connectivity index (χ3v) is 4.32. The highest BCUT2D eigenvalue weighted by atomic mass is 16.3. The van der Waals surface area contributed by atoms with E-state index in [1.54, 1.807) is 23.5 Å². The number of rotatable bonds is 5. The number of nitrogens with zero attached hydrogens (tertiary/aromatic N) is 3. The van der Waals surface area contributed by atoms with Crippen molar-refractivity contribution in [3.63, 3.8) is 0 Å². The predicted octanol–water partition coefficient (Wildman–Crippen LogP) is 1.47. The molecule has 1 aromatic heterocycles. The van der Waals surface area contributed by atoms with E-state index in [2.05, 4.69) is 9.97 Å². The maximum Gasteiger partial charge on any atom is 0.223 e. The van der Waals surface area contributed by atoms with Gasteiger partial charge in [0.2, 0.25) is 5.91 Å². The first-order valence-corrected chi connectivity index (χ1v) is 7.97. The molecule has 23 heavy (non-hydrogen) atoms. The Labute approximate surface area is 136 Å². The molecule has 2 unspecified atom stereocenters. The molecule has 0 spiro atoms. The first-order chi connectivity index (χ1) is 11.2. The summed E-state index contributed by atoms with van der Waals surface area (Å²) in [7, 11) is 0. The Bertz CT molecular complexity index is 633. The summed E-state index contributed by atoms with van der Waals surface area (Å²) in [5, 5.41) is 10.2. The number of hydrogen-bond donors (Lipinski definition) is 1. The molecule has 2 aromatic rings. The maximum atomic E-state index is 12.3. The normalized spacial score (nSPS) is 20.7. The lowest BCUT2D eigenvalue weighted by Crippen LogP contribution is -2.29. The molecular weight excluding hydrogens is 290 g/mol. The number of likely N-dealkylation sites (tertiary alicyclic amines) is 1. The predicted molar refractivity (Wildman–Crippen MR) is 86.6 cm³/mol. The molecule has 1 N–H and O–H groups in total. The highest BCUT2D eigenvalue weighted by Gasteiger charge is 2.33. The van der Waals surface area contributed by atoms with Gasteiger partial charge in [0, 0.05) is 44.0 Å². The van der Waals surface area contributed by atoms with Crippen molar-refractivity contribution < 1.29 is 9.90 Å². The average Bonchev–Trinajstić information content (AvgIpc) is 2.95. The van der Waals surface area contributed by atoms with Crippen LogP contribution in [0.2, 0.25) is 0 Å². The number of benzene rings is 1. The topological polar surface area (TPSA) is 66.3 Å². The number of carbonyl (C=O) groups is 1. The van der Waals surface area contributed by atoms with Crippen LogP contribution in [0.3, 0.4) is 0 Å². The zero-order chi connectivity index (χ0) is 16.1. The standard InChI is InChI=1S/C18H21N3O2/c22-17-13-21(12-15(17)10-16-11-19-8-9-20-16)18(23)7-6-14-4-2-1-3-5-14/h1-5,8-9,11,15,17,22H,6-7,10,12-13H2. The summed E-state index contributed by atoms with van der Waals surface area (Å²) in [6.07, 6.45) is 6.38. The molecule has 0 saturated carbocycles. The number of β-amino-alcohol motifs (C(OH)–C–C–N with tert-alkyl or cyclic N) is 1. The minimum absolute atomic E-state index is 0.0346. The van der Waals surface area contributed by atoms with E-state index >= 15 is 0 Å². The molecule has 1 amide bonds. The lowest BCUT2D eigenvalue weighted by molar-refractivity contribution is -0.130. The summed E-state index contributed by atoms with van der Waals surface area (Å²) in [5.41, 5.74) is 2.02. The van der Waals surface area contributed by atoms with Crippen molar-refractivity contribution in [2.75, 3.05) is 13.1 Å². The summed E-state index contributed by atoms with van der Waals surface area (Å²) in [6, 6.07) is 10.00. The second-order valence-corrected chi connectivity index (χ2v) is 6.01. The summed E-state index contributed by atoms with van der Waals surface area (Å²) in [5.74, 6) is 0.141. The van der Waals surface area contributed by atoms with Crippen molar-refractivity contribution in [2.45, 2.75) is 25.4 Å². The van der Waals surface area contributed by atoms with Gasteiger partial charge >= 0.3 is 0 Å². The molecule has 1 saturated heterocycles. The third-order valence-electron chi connectivity index (χ3n) is 4.32. The smallest absolute Gasteiger partial charge is 0.223 e. The van der Waals surface area contributed by atoms with Crippen LogP contribution in [-0.2, 0) is 17.6 Å². The van der Waals surface area contributed by atoms with Gasteiger partial charge < -0.3 is 10.0 Å². The Kier molecular flexibility index (Phi) is 4.98. The van der Waals surface area contributed by atoms with E-state index in [-0.39, 0.29) is 11.8 Å². The molecule has 5 heteroatoms. The van der Waals surface area contributed by atoms with Gasteiger partial charge in [-0.1, -0.05) is 30.3 Å². The number of aliphatic hydroxyl groups is 1. The number of aromatic nitrogens is 2. The van der Waals surface area contributed by atoms with Gasteiger partial charge in [0.15, 0.2) is 0 Å². The second-order valence-electron chi connectivity index (χ2n) is 6.01. The molecule has 0 bridgehead atoms. The van der Waals surface area contributed by atoms with Crippen LogP contribution in [0.25, 0.3) is 0 Å². The highest BCUT2D eigenvalue weighted by molar-refractivity contribution is 5.76. The molecule has 3 rings (SSSR count). The Morgan fingerprint density at radius 2 is 2.04 bits per heavy atom. The highest BCUT2D eigenvalue weighted by Crippen LogP contribution is 2.21. The number of aliphatic hydroxyl groups excluding tert-OH is 1. The fourth-order valence-electron chi connectivity index (χ4n) is 3.02. The Balaban J connectivity index is 1.52. The largest absolute Gasteiger partial charge is 0.391 e. The van der Waals surface area contributed by atoms with Crippen molar-refractivity contribution in [1.82, 2.24) is 14.9 Å². The molecule has 1 aliphatic heterocycles. The van der Waals surface area contributed by atoms with E-state index < -0.39 is 6.10 Å². The van der Waals surface area contributed by atoms with E-state index in [0.29, 0.717) is 25.9 Å². The van der Waals surface area contributed by atoms with E-state index in [1.807, 2.05) is 30.3 Å². The maximum absolute atomic E-state index is 12.3. The molecule has 120 valence electrons. The Morgan fingerprint density at radius 3 is 2.78 bits per heavy atom. The molecule has 1 aromatic carbocycles. The number of carbonyl (C=O) groups excluding carboxylic acids is 1. The van der Waals surface area contributed by atoms with Crippen molar-refractivity contribution >= 4 is 5.91 Å². The van der Waals surface area contributed by atoms with Gasteiger partial charge in [-0.2, -0.15) is 0 Å². The lowest BCUT2D eigenvalue weighted by atomic mass is 10.0. The summed E-state index contributed by atoms with van der Waals surface area (Å²) >= 11 is 0. The molecule has 5 nitrogen and oxygen atoms in total. The van der Waals surface area contributed by atoms with Crippen molar-refractivity contribution in [2.24, 2.45) is 5.92 Å². The third kappa shape index (κ3) is 4.13. The van der Waals surface area contributed by atoms with Gasteiger partial charge in [-0.15, -0.1) is 0 Å². The zero-order valence-corrected chi connectivity index (χ0v) is 13.0. The molecule has 0 aliphatic carbocycles. The van der Waals surface area contributed by atoms with Gasteiger partial charge in [-0.05, 0) is 18.4 Å². The fourth-order valence-corrected chi connectivity index (χ4v) is 3.02. The SMILES string of the molecule is O=C(CCc1ccccc1)N1CC(O)C(Cc2cnccn2)C1. The average molecular weight is 311 g/mol.